The molecule has 0 saturated carbocycles. The number of nitrogens with zero attached hydrogens (tertiary/aromatic N) is 5. The van der Waals surface area contributed by atoms with Crippen molar-refractivity contribution in [1.29, 1.82) is 0 Å². The summed E-state index contributed by atoms with van der Waals surface area (Å²) in [5.41, 5.74) is 0.499. The Kier molecular flexibility index (Phi) is 5.74. The molecule has 4 rings (SSSR count). The first-order valence-corrected chi connectivity index (χ1v) is 9.93. The quantitative estimate of drug-likeness (QED) is 0.671. The van der Waals surface area contributed by atoms with E-state index in [0.29, 0.717) is 47.6 Å². The van der Waals surface area contributed by atoms with Gasteiger partial charge in [-0.1, -0.05) is 17.7 Å². The fraction of sp³-hybridized carbons (Fsp3) is 0.400. The number of likely N-dealkylation sites (tertiary alicyclic amines) is 1. The van der Waals surface area contributed by atoms with E-state index in [9.17, 15) is 9.59 Å². The molecular formula is C20H22ClN5O4. The van der Waals surface area contributed by atoms with Crippen LogP contribution in [0, 0.1) is 0 Å². The fourth-order valence-corrected chi connectivity index (χ4v) is 3.90. The highest BCUT2D eigenvalue weighted by molar-refractivity contribution is 6.30. The third-order valence-electron chi connectivity index (χ3n) is 5.17. The maximum Gasteiger partial charge on any atom is 0.326 e. The van der Waals surface area contributed by atoms with Crippen LogP contribution >= 0.6 is 11.6 Å². The minimum atomic E-state index is -0.785. The largest absolute Gasteiger partial charge is 0.488 e. The molecule has 2 aromatic rings. The molecule has 0 radical (unpaired) electrons. The molecule has 2 aliphatic heterocycles. The molecule has 1 saturated heterocycles. The Labute approximate surface area is 179 Å². The molecule has 2 atom stereocenters. The van der Waals surface area contributed by atoms with Crippen molar-refractivity contribution in [2.24, 2.45) is 0 Å². The van der Waals surface area contributed by atoms with Gasteiger partial charge in [0.2, 0.25) is 0 Å². The summed E-state index contributed by atoms with van der Waals surface area (Å²) in [5, 5.41) is 0.594. The van der Waals surface area contributed by atoms with Gasteiger partial charge in [0.15, 0.2) is 24.1 Å². The molecule has 9 nitrogen and oxygen atoms in total. The molecule has 30 heavy (non-hydrogen) atoms. The maximum atomic E-state index is 13.3. The number of rotatable bonds is 5. The van der Waals surface area contributed by atoms with Crippen LogP contribution in [0.5, 0.6) is 5.75 Å². The SMILES string of the molecule is COCc1ncc2c(n1)N(C)C(C=O)N2C(=O)N1CC[C@@H](Oc2cccc(Cl)c2)C1. The molecule has 2 amide bonds. The van der Waals surface area contributed by atoms with E-state index in [-0.39, 0.29) is 18.7 Å². The molecular weight excluding hydrogens is 410 g/mol. The van der Waals surface area contributed by atoms with E-state index >= 15 is 0 Å². The molecule has 1 fully saturated rings. The van der Waals surface area contributed by atoms with Gasteiger partial charge >= 0.3 is 6.03 Å². The lowest BCUT2D eigenvalue weighted by Crippen LogP contribution is -2.51. The van der Waals surface area contributed by atoms with Gasteiger partial charge in [-0.25, -0.2) is 14.8 Å². The van der Waals surface area contributed by atoms with E-state index < -0.39 is 6.17 Å². The standard InChI is InChI=1S/C20H22ClN5O4/c1-24-18(11-27)26(16-9-22-17(12-29-2)23-19(16)24)20(28)25-7-6-15(10-25)30-14-5-3-4-13(21)8-14/h3-5,8-9,11,15,18H,6-7,10,12H2,1-2H3/t15-,18?/m1/s1. The Bertz CT molecular complexity index is 959. The van der Waals surface area contributed by atoms with Gasteiger partial charge in [0.05, 0.1) is 12.7 Å². The minimum Gasteiger partial charge on any atom is -0.488 e. The first-order valence-electron chi connectivity index (χ1n) is 9.55. The molecule has 0 N–H and O–H groups in total. The van der Waals surface area contributed by atoms with Crippen LogP contribution in [0.25, 0.3) is 0 Å². The second-order valence-electron chi connectivity index (χ2n) is 7.17. The average Bonchev–Trinajstić information content (AvgIpc) is 3.30. The maximum absolute atomic E-state index is 13.3. The summed E-state index contributed by atoms with van der Waals surface area (Å²) in [7, 11) is 3.28. The summed E-state index contributed by atoms with van der Waals surface area (Å²) in [5.74, 6) is 1.67. The van der Waals surface area contributed by atoms with Gasteiger partial charge in [-0.15, -0.1) is 0 Å². The smallest absolute Gasteiger partial charge is 0.326 e. The van der Waals surface area contributed by atoms with Crippen LogP contribution in [-0.4, -0.2) is 66.7 Å². The zero-order valence-electron chi connectivity index (χ0n) is 16.7. The van der Waals surface area contributed by atoms with Crippen molar-refractivity contribution in [3.8, 4) is 5.75 Å². The van der Waals surface area contributed by atoms with Crippen LogP contribution in [0.1, 0.15) is 12.2 Å². The number of benzene rings is 1. The zero-order chi connectivity index (χ0) is 21.3. The Morgan fingerprint density at radius 2 is 2.23 bits per heavy atom. The van der Waals surface area contributed by atoms with Crippen molar-refractivity contribution < 1.29 is 19.1 Å². The average molecular weight is 432 g/mol. The van der Waals surface area contributed by atoms with Crippen LogP contribution in [0.4, 0.5) is 16.3 Å². The highest BCUT2D eigenvalue weighted by Crippen LogP contribution is 2.37. The van der Waals surface area contributed by atoms with Gasteiger partial charge in [-0.05, 0) is 18.2 Å². The highest BCUT2D eigenvalue weighted by Gasteiger charge is 2.42. The molecule has 158 valence electrons. The minimum absolute atomic E-state index is 0.151. The van der Waals surface area contributed by atoms with E-state index in [1.54, 1.807) is 42.3 Å². The molecule has 1 aromatic carbocycles. The monoisotopic (exact) mass is 431 g/mol. The van der Waals surface area contributed by atoms with Gasteiger partial charge in [-0.3, -0.25) is 9.69 Å². The summed E-state index contributed by atoms with van der Waals surface area (Å²) in [6.45, 7) is 1.18. The number of hydrogen-bond acceptors (Lipinski definition) is 7. The molecule has 10 heteroatoms. The second-order valence-corrected chi connectivity index (χ2v) is 7.61. The lowest BCUT2D eigenvalue weighted by Gasteiger charge is -2.28. The van der Waals surface area contributed by atoms with Gasteiger partial charge in [-0.2, -0.15) is 0 Å². The van der Waals surface area contributed by atoms with E-state index in [4.69, 9.17) is 21.1 Å². The number of amides is 2. The van der Waals surface area contributed by atoms with Crippen LogP contribution in [-0.2, 0) is 16.1 Å². The van der Waals surface area contributed by atoms with Gasteiger partial charge in [0.25, 0.3) is 0 Å². The van der Waals surface area contributed by atoms with Crippen LogP contribution in [0.2, 0.25) is 5.02 Å². The van der Waals surface area contributed by atoms with E-state index in [1.807, 2.05) is 12.1 Å². The lowest BCUT2D eigenvalue weighted by molar-refractivity contribution is -0.108. The summed E-state index contributed by atoms with van der Waals surface area (Å²) in [6.07, 6.45) is 2.04. The number of methoxy groups -OCH3 is 1. The third kappa shape index (κ3) is 3.78. The first-order chi connectivity index (χ1) is 14.5. The van der Waals surface area contributed by atoms with Crippen LogP contribution in [0.15, 0.2) is 30.5 Å². The second kappa shape index (κ2) is 8.45. The molecule has 3 heterocycles. The number of hydrogen-bond donors (Lipinski definition) is 0. The number of aldehydes is 1. The summed E-state index contributed by atoms with van der Waals surface area (Å²) in [4.78, 5) is 38.6. The Hall–Kier alpha value is -2.91. The Balaban J connectivity index is 1.51. The third-order valence-corrected chi connectivity index (χ3v) is 5.41. The van der Waals surface area contributed by atoms with Gasteiger partial charge in [0, 0.05) is 32.1 Å². The van der Waals surface area contributed by atoms with Crippen molar-refractivity contribution in [1.82, 2.24) is 14.9 Å². The number of ether oxygens (including phenoxy) is 2. The molecule has 0 spiro atoms. The van der Waals surface area contributed by atoms with Crippen molar-refractivity contribution in [2.45, 2.75) is 25.3 Å². The number of anilines is 2. The van der Waals surface area contributed by atoms with E-state index in [2.05, 4.69) is 9.97 Å². The predicted molar refractivity (Wildman–Crippen MR) is 111 cm³/mol. The number of likely N-dealkylation sites (N-methyl/N-ethyl adjacent to an activating group) is 1. The lowest BCUT2D eigenvalue weighted by atomic mass is 10.3. The van der Waals surface area contributed by atoms with E-state index in [1.165, 1.54) is 4.90 Å². The molecule has 0 aliphatic carbocycles. The van der Waals surface area contributed by atoms with Crippen molar-refractivity contribution in [3.63, 3.8) is 0 Å². The van der Waals surface area contributed by atoms with Crippen molar-refractivity contribution >= 4 is 35.4 Å². The summed E-state index contributed by atoms with van der Waals surface area (Å²) >= 11 is 6.01. The number of carbonyl (C=O) groups is 2. The Morgan fingerprint density at radius 3 is 2.97 bits per heavy atom. The highest BCUT2D eigenvalue weighted by atomic mass is 35.5. The number of fused-ring (bicyclic) bond motifs is 1. The molecule has 1 aromatic heterocycles. The summed E-state index contributed by atoms with van der Waals surface area (Å²) in [6, 6.07) is 6.89. The van der Waals surface area contributed by atoms with Crippen molar-refractivity contribution in [3.05, 3.63) is 41.3 Å². The number of urea groups is 1. The normalized spacial score (nSPS) is 20.4. The first kappa shape index (κ1) is 20.4. The topological polar surface area (TPSA) is 88.1 Å². The predicted octanol–water partition coefficient (Wildman–Crippen LogP) is 2.33. The zero-order valence-corrected chi connectivity index (χ0v) is 17.5. The Morgan fingerprint density at radius 1 is 1.40 bits per heavy atom. The number of carbonyl (C=O) groups excluding carboxylic acids is 2. The fourth-order valence-electron chi connectivity index (χ4n) is 3.72. The number of halogens is 1. The molecule has 1 unspecified atom stereocenters. The van der Waals surface area contributed by atoms with Crippen LogP contribution in [0.3, 0.4) is 0 Å². The van der Waals surface area contributed by atoms with Gasteiger partial charge < -0.3 is 19.3 Å². The van der Waals surface area contributed by atoms with Crippen molar-refractivity contribution in [2.75, 3.05) is 37.0 Å². The van der Waals surface area contributed by atoms with Gasteiger partial charge in [0.1, 0.15) is 24.1 Å². The molecule has 2 aliphatic rings. The molecule has 0 bridgehead atoms. The number of aromatic nitrogens is 2. The summed E-state index contributed by atoms with van der Waals surface area (Å²) < 4.78 is 11.0. The van der Waals surface area contributed by atoms with Crippen LogP contribution < -0.4 is 14.5 Å². The van der Waals surface area contributed by atoms with E-state index in [0.717, 1.165) is 6.29 Å².